The molecule has 0 spiro atoms. The third-order valence-electron chi connectivity index (χ3n) is 2.55. The molecule has 0 fully saturated rings. The molecule has 1 heterocycles. The summed E-state index contributed by atoms with van der Waals surface area (Å²) in [5.74, 6) is -0.365. The van der Waals surface area contributed by atoms with Crippen molar-refractivity contribution >= 4 is 5.91 Å². The zero-order valence-corrected chi connectivity index (χ0v) is 10.3. The molecule has 0 aromatic carbocycles. The lowest BCUT2D eigenvalue weighted by molar-refractivity contribution is -0.124. The highest BCUT2D eigenvalue weighted by molar-refractivity contribution is 5.84. The van der Waals surface area contributed by atoms with E-state index in [0.29, 0.717) is 6.54 Å². The first-order valence-electron chi connectivity index (χ1n) is 5.41. The number of aromatic nitrogens is 2. The van der Waals surface area contributed by atoms with Gasteiger partial charge in [0.15, 0.2) is 0 Å². The van der Waals surface area contributed by atoms with Crippen molar-refractivity contribution in [3.05, 3.63) is 18.0 Å². The summed E-state index contributed by atoms with van der Waals surface area (Å²) in [5, 5.41) is 7.35. The first-order valence-corrected chi connectivity index (χ1v) is 5.41. The molecule has 0 aliphatic carbocycles. The van der Waals surface area contributed by atoms with Crippen LogP contribution in [0.25, 0.3) is 0 Å². The average molecular weight is 224 g/mol. The van der Waals surface area contributed by atoms with E-state index in [1.807, 2.05) is 26.8 Å². The van der Waals surface area contributed by atoms with Gasteiger partial charge >= 0.3 is 0 Å². The smallest absolute Gasteiger partial charge is 0.239 e. The molecule has 1 aromatic heterocycles. The molecule has 0 aliphatic rings. The van der Waals surface area contributed by atoms with Gasteiger partial charge in [0.1, 0.15) is 5.54 Å². The number of rotatable bonds is 5. The first kappa shape index (κ1) is 12.7. The summed E-state index contributed by atoms with van der Waals surface area (Å²) in [4.78, 5) is 11.5. The van der Waals surface area contributed by atoms with Gasteiger partial charge in [-0.3, -0.25) is 14.8 Å². The SMILES string of the molecule is Cc1ccnn1CC(C)(NC(C)C)C(N)=O. The van der Waals surface area contributed by atoms with Gasteiger partial charge in [0.05, 0.1) is 6.54 Å². The molecule has 0 saturated carbocycles. The number of primary amides is 1. The predicted octanol–water partition coefficient (Wildman–Crippen LogP) is 0.434. The Morgan fingerprint density at radius 1 is 1.69 bits per heavy atom. The average Bonchev–Trinajstić information content (AvgIpc) is 2.50. The molecule has 1 atom stereocenters. The van der Waals surface area contributed by atoms with Crippen LogP contribution in [0.15, 0.2) is 12.3 Å². The quantitative estimate of drug-likeness (QED) is 0.762. The van der Waals surface area contributed by atoms with Gasteiger partial charge in [0.25, 0.3) is 0 Å². The van der Waals surface area contributed by atoms with Crippen molar-refractivity contribution in [3.63, 3.8) is 0 Å². The maximum Gasteiger partial charge on any atom is 0.239 e. The molecule has 5 nitrogen and oxygen atoms in total. The Kier molecular flexibility index (Phi) is 3.70. The van der Waals surface area contributed by atoms with Crippen LogP contribution in [0.4, 0.5) is 0 Å². The minimum atomic E-state index is -0.773. The maximum atomic E-state index is 11.5. The Labute approximate surface area is 96.0 Å². The van der Waals surface area contributed by atoms with Crippen LogP contribution in [0.3, 0.4) is 0 Å². The number of nitrogens with zero attached hydrogens (tertiary/aromatic N) is 2. The van der Waals surface area contributed by atoms with Crippen LogP contribution >= 0.6 is 0 Å². The normalized spacial score (nSPS) is 15.1. The standard InChI is InChI=1S/C11H20N4O/c1-8(2)14-11(4,10(12)16)7-15-9(3)5-6-13-15/h5-6,8,14H,7H2,1-4H3,(H2,12,16). The fourth-order valence-corrected chi connectivity index (χ4v) is 1.70. The van der Waals surface area contributed by atoms with Crippen LogP contribution in [-0.2, 0) is 11.3 Å². The molecule has 16 heavy (non-hydrogen) atoms. The van der Waals surface area contributed by atoms with Crippen LogP contribution in [0, 0.1) is 6.92 Å². The van der Waals surface area contributed by atoms with E-state index in [4.69, 9.17) is 5.73 Å². The summed E-state index contributed by atoms with van der Waals surface area (Å²) in [7, 11) is 0. The number of hydrogen-bond donors (Lipinski definition) is 2. The van der Waals surface area contributed by atoms with Gasteiger partial charge in [0.2, 0.25) is 5.91 Å². The predicted molar refractivity (Wildman–Crippen MR) is 62.8 cm³/mol. The van der Waals surface area contributed by atoms with Crippen molar-refractivity contribution in [2.45, 2.75) is 45.8 Å². The van der Waals surface area contributed by atoms with E-state index in [1.54, 1.807) is 17.8 Å². The number of hydrogen-bond acceptors (Lipinski definition) is 3. The van der Waals surface area contributed by atoms with Gasteiger partial charge < -0.3 is 5.73 Å². The van der Waals surface area contributed by atoms with Crippen LogP contribution in [-0.4, -0.2) is 27.3 Å². The number of nitrogens with two attached hydrogens (primary N) is 1. The van der Waals surface area contributed by atoms with Crippen molar-refractivity contribution in [1.82, 2.24) is 15.1 Å². The number of carbonyl (C=O) groups excluding carboxylic acids is 1. The lowest BCUT2D eigenvalue weighted by atomic mass is 10.0. The van der Waals surface area contributed by atoms with Gasteiger partial charge in [-0.1, -0.05) is 0 Å². The minimum Gasteiger partial charge on any atom is -0.368 e. The Balaban J connectivity index is 2.87. The number of amides is 1. The van der Waals surface area contributed by atoms with Crippen molar-refractivity contribution in [2.75, 3.05) is 0 Å². The Morgan fingerprint density at radius 3 is 2.69 bits per heavy atom. The number of carbonyl (C=O) groups is 1. The van der Waals surface area contributed by atoms with E-state index < -0.39 is 5.54 Å². The number of aryl methyl sites for hydroxylation is 1. The monoisotopic (exact) mass is 224 g/mol. The summed E-state index contributed by atoms with van der Waals surface area (Å²) in [6, 6.07) is 2.09. The Morgan fingerprint density at radius 2 is 2.31 bits per heavy atom. The van der Waals surface area contributed by atoms with Crippen molar-refractivity contribution in [3.8, 4) is 0 Å². The molecule has 0 radical (unpaired) electrons. The van der Waals surface area contributed by atoms with E-state index in [1.165, 1.54) is 0 Å². The van der Waals surface area contributed by atoms with Crippen molar-refractivity contribution < 1.29 is 4.79 Å². The second-order valence-corrected chi connectivity index (χ2v) is 4.63. The maximum absolute atomic E-state index is 11.5. The molecule has 90 valence electrons. The van der Waals surface area contributed by atoms with E-state index >= 15 is 0 Å². The van der Waals surface area contributed by atoms with Gasteiger partial charge in [-0.2, -0.15) is 5.10 Å². The molecule has 0 bridgehead atoms. The van der Waals surface area contributed by atoms with Gasteiger partial charge in [-0.05, 0) is 33.8 Å². The lowest BCUT2D eigenvalue weighted by Crippen LogP contribution is -2.58. The third-order valence-corrected chi connectivity index (χ3v) is 2.55. The van der Waals surface area contributed by atoms with Crippen LogP contribution in [0.5, 0.6) is 0 Å². The molecular weight excluding hydrogens is 204 g/mol. The van der Waals surface area contributed by atoms with Gasteiger partial charge in [-0.25, -0.2) is 0 Å². The fraction of sp³-hybridized carbons (Fsp3) is 0.636. The van der Waals surface area contributed by atoms with Crippen LogP contribution in [0.1, 0.15) is 26.5 Å². The molecule has 5 heteroatoms. The summed E-state index contributed by atoms with van der Waals surface area (Å²) >= 11 is 0. The Hall–Kier alpha value is -1.36. The third kappa shape index (κ3) is 2.82. The topological polar surface area (TPSA) is 72.9 Å². The summed E-state index contributed by atoms with van der Waals surface area (Å²) in [5.41, 5.74) is 5.68. The number of nitrogens with one attached hydrogen (secondary N) is 1. The molecule has 1 unspecified atom stereocenters. The molecule has 0 aliphatic heterocycles. The second kappa shape index (κ2) is 4.65. The molecule has 1 aromatic rings. The van der Waals surface area contributed by atoms with E-state index in [9.17, 15) is 4.79 Å². The van der Waals surface area contributed by atoms with E-state index in [0.717, 1.165) is 5.69 Å². The zero-order chi connectivity index (χ0) is 12.3. The molecule has 3 N–H and O–H groups in total. The fourth-order valence-electron chi connectivity index (χ4n) is 1.70. The molecule has 1 rings (SSSR count). The highest BCUT2D eigenvalue weighted by atomic mass is 16.1. The highest BCUT2D eigenvalue weighted by Crippen LogP contribution is 2.10. The van der Waals surface area contributed by atoms with E-state index in [2.05, 4.69) is 10.4 Å². The van der Waals surface area contributed by atoms with Crippen LogP contribution < -0.4 is 11.1 Å². The Bertz CT molecular complexity index is 372. The zero-order valence-electron chi connectivity index (χ0n) is 10.3. The van der Waals surface area contributed by atoms with Crippen LogP contribution in [0.2, 0.25) is 0 Å². The van der Waals surface area contributed by atoms with Crippen molar-refractivity contribution in [1.29, 1.82) is 0 Å². The first-order chi connectivity index (χ1) is 7.35. The largest absolute Gasteiger partial charge is 0.368 e. The highest BCUT2D eigenvalue weighted by Gasteiger charge is 2.32. The van der Waals surface area contributed by atoms with Gasteiger partial charge in [-0.15, -0.1) is 0 Å². The minimum absolute atomic E-state index is 0.188. The second-order valence-electron chi connectivity index (χ2n) is 4.63. The molecular formula is C11H20N4O. The summed E-state index contributed by atoms with van der Waals surface area (Å²) < 4.78 is 1.78. The molecule has 0 saturated heterocycles. The molecule has 1 amide bonds. The van der Waals surface area contributed by atoms with Gasteiger partial charge in [0, 0.05) is 17.9 Å². The summed E-state index contributed by atoms with van der Waals surface area (Å²) in [6.45, 7) is 8.16. The van der Waals surface area contributed by atoms with E-state index in [-0.39, 0.29) is 11.9 Å². The summed E-state index contributed by atoms with van der Waals surface area (Å²) in [6.07, 6.45) is 1.71. The van der Waals surface area contributed by atoms with Crippen molar-refractivity contribution in [2.24, 2.45) is 5.73 Å². The lowest BCUT2D eigenvalue weighted by Gasteiger charge is -2.30.